The van der Waals surface area contributed by atoms with Gasteiger partial charge in [0, 0.05) is 31.2 Å². The number of rotatable bonds is 5. The maximum Gasteiger partial charge on any atom is 0.260 e. The summed E-state index contributed by atoms with van der Waals surface area (Å²) in [7, 11) is 0. The van der Waals surface area contributed by atoms with Gasteiger partial charge in [-0.2, -0.15) is 4.68 Å². The van der Waals surface area contributed by atoms with Crippen molar-refractivity contribution in [2.24, 2.45) is 0 Å². The zero-order valence-electron chi connectivity index (χ0n) is 18.1. The molecular formula is C23H22ClN7O2. The van der Waals surface area contributed by atoms with E-state index in [0.717, 1.165) is 11.3 Å². The zero-order chi connectivity index (χ0) is 22.8. The van der Waals surface area contributed by atoms with Crippen LogP contribution in [0.25, 0.3) is 16.9 Å². The summed E-state index contributed by atoms with van der Waals surface area (Å²) in [6.07, 6.45) is 1.51. The Balaban J connectivity index is 1.26. The van der Waals surface area contributed by atoms with Crippen LogP contribution in [0, 0.1) is 6.92 Å². The van der Waals surface area contributed by atoms with Crippen LogP contribution < -0.4 is 9.64 Å². The molecule has 0 unspecified atom stereocenters. The Morgan fingerprint density at radius 3 is 2.61 bits per heavy atom. The van der Waals surface area contributed by atoms with Crippen molar-refractivity contribution in [1.82, 2.24) is 29.9 Å². The quantitative estimate of drug-likeness (QED) is 0.449. The average molecular weight is 464 g/mol. The summed E-state index contributed by atoms with van der Waals surface area (Å²) in [6, 6.07) is 15.0. The molecule has 0 N–H and O–H groups in total. The van der Waals surface area contributed by atoms with Crippen LogP contribution in [0.15, 0.2) is 54.9 Å². The lowest BCUT2D eigenvalue weighted by atomic mass is 10.2. The van der Waals surface area contributed by atoms with E-state index in [-0.39, 0.29) is 12.5 Å². The number of fused-ring (bicyclic) bond motifs is 1. The van der Waals surface area contributed by atoms with Crippen molar-refractivity contribution in [3.63, 3.8) is 0 Å². The lowest BCUT2D eigenvalue weighted by Gasteiger charge is -2.35. The fourth-order valence-corrected chi connectivity index (χ4v) is 3.96. The molecule has 2 aromatic heterocycles. The number of carbonyl (C=O) groups excluding carboxylic acids is 1. The number of halogens is 1. The Hall–Kier alpha value is -3.72. The maximum absolute atomic E-state index is 12.6. The van der Waals surface area contributed by atoms with Gasteiger partial charge in [0.15, 0.2) is 23.6 Å². The second-order valence-corrected chi connectivity index (χ2v) is 8.26. The standard InChI is InChI=1S/C23H22ClN7O2/c1-16-3-2-4-19(13-16)33-14-20(32)29-9-11-30(12-10-29)22-21-23(26-15-25-22)31(28-27-21)18-7-5-17(24)6-8-18/h2-8,13,15H,9-12,14H2,1H3. The van der Waals surface area contributed by atoms with E-state index in [4.69, 9.17) is 16.3 Å². The Labute approximate surface area is 195 Å². The van der Waals surface area contributed by atoms with E-state index >= 15 is 0 Å². The zero-order valence-corrected chi connectivity index (χ0v) is 18.8. The van der Waals surface area contributed by atoms with Gasteiger partial charge in [-0.15, -0.1) is 5.10 Å². The van der Waals surface area contributed by atoms with Crippen LogP contribution in [0.4, 0.5) is 5.82 Å². The summed E-state index contributed by atoms with van der Waals surface area (Å²) in [5.41, 5.74) is 3.15. The fraction of sp³-hybridized carbons (Fsp3) is 0.261. The van der Waals surface area contributed by atoms with E-state index in [2.05, 4.69) is 25.2 Å². The van der Waals surface area contributed by atoms with Crippen LogP contribution in [-0.4, -0.2) is 68.6 Å². The van der Waals surface area contributed by atoms with Gasteiger partial charge in [-0.05, 0) is 48.9 Å². The summed E-state index contributed by atoms with van der Waals surface area (Å²) in [4.78, 5) is 25.4. The highest BCUT2D eigenvalue weighted by molar-refractivity contribution is 6.30. The summed E-state index contributed by atoms with van der Waals surface area (Å²) < 4.78 is 7.33. The van der Waals surface area contributed by atoms with E-state index in [1.165, 1.54) is 6.33 Å². The number of nitrogens with zero attached hydrogens (tertiary/aromatic N) is 7. The van der Waals surface area contributed by atoms with E-state index in [1.807, 2.05) is 48.2 Å². The number of hydrogen-bond acceptors (Lipinski definition) is 7. The largest absolute Gasteiger partial charge is 0.484 e. The number of aryl methyl sites for hydroxylation is 1. The van der Waals surface area contributed by atoms with Crippen molar-refractivity contribution < 1.29 is 9.53 Å². The molecule has 0 spiro atoms. The van der Waals surface area contributed by atoms with Crippen LogP contribution in [0.3, 0.4) is 0 Å². The highest BCUT2D eigenvalue weighted by atomic mass is 35.5. The Morgan fingerprint density at radius 2 is 1.85 bits per heavy atom. The number of ether oxygens (including phenoxy) is 1. The molecular weight excluding hydrogens is 442 g/mol. The van der Waals surface area contributed by atoms with Gasteiger partial charge in [0.05, 0.1) is 5.69 Å². The molecule has 1 aliphatic heterocycles. The van der Waals surface area contributed by atoms with Crippen molar-refractivity contribution in [2.45, 2.75) is 6.92 Å². The number of amides is 1. The lowest BCUT2D eigenvalue weighted by Crippen LogP contribution is -2.50. The predicted octanol–water partition coefficient (Wildman–Crippen LogP) is 2.90. The number of carbonyl (C=O) groups is 1. The number of benzene rings is 2. The first kappa shape index (κ1) is 21.1. The Bertz CT molecular complexity index is 1280. The van der Waals surface area contributed by atoms with Crippen LogP contribution >= 0.6 is 11.6 Å². The molecule has 1 saturated heterocycles. The molecule has 33 heavy (non-hydrogen) atoms. The first-order valence-electron chi connectivity index (χ1n) is 10.6. The number of anilines is 1. The molecule has 1 fully saturated rings. The second-order valence-electron chi connectivity index (χ2n) is 7.82. The summed E-state index contributed by atoms with van der Waals surface area (Å²) in [5.74, 6) is 1.38. The van der Waals surface area contributed by atoms with Crippen LogP contribution in [0.5, 0.6) is 5.75 Å². The van der Waals surface area contributed by atoms with Crippen LogP contribution in [0.1, 0.15) is 5.56 Å². The predicted molar refractivity (Wildman–Crippen MR) is 125 cm³/mol. The van der Waals surface area contributed by atoms with Crippen molar-refractivity contribution in [2.75, 3.05) is 37.7 Å². The molecule has 0 radical (unpaired) electrons. The minimum atomic E-state index is -0.0299. The highest BCUT2D eigenvalue weighted by Gasteiger charge is 2.25. The van der Waals surface area contributed by atoms with Crippen molar-refractivity contribution >= 4 is 34.5 Å². The molecule has 0 saturated carbocycles. The molecule has 10 heteroatoms. The summed E-state index contributed by atoms with van der Waals surface area (Å²) in [5, 5.41) is 9.24. The molecule has 5 rings (SSSR count). The van der Waals surface area contributed by atoms with E-state index in [1.54, 1.807) is 16.8 Å². The maximum atomic E-state index is 12.6. The molecule has 1 amide bonds. The molecule has 3 heterocycles. The smallest absolute Gasteiger partial charge is 0.260 e. The van der Waals surface area contributed by atoms with Gasteiger partial charge in [-0.1, -0.05) is 28.9 Å². The van der Waals surface area contributed by atoms with Gasteiger partial charge in [-0.25, -0.2) is 9.97 Å². The second kappa shape index (κ2) is 9.03. The Kier molecular flexibility index (Phi) is 5.78. The third-order valence-corrected chi connectivity index (χ3v) is 5.83. The van der Waals surface area contributed by atoms with Gasteiger partial charge in [0.25, 0.3) is 5.91 Å². The third kappa shape index (κ3) is 4.45. The Morgan fingerprint density at radius 1 is 1.06 bits per heavy atom. The van der Waals surface area contributed by atoms with Gasteiger partial charge in [0.1, 0.15) is 12.1 Å². The third-order valence-electron chi connectivity index (χ3n) is 5.57. The summed E-state index contributed by atoms with van der Waals surface area (Å²) >= 11 is 6.00. The first-order valence-corrected chi connectivity index (χ1v) is 11.0. The topological polar surface area (TPSA) is 89.3 Å². The molecule has 0 atom stereocenters. The van der Waals surface area contributed by atoms with E-state index in [0.29, 0.717) is 53.9 Å². The van der Waals surface area contributed by atoms with Crippen molar-refractivity contribution in [1.29, 1.82) is 0 Å². The van der Waals surface area contributed by atoms with Crippen molar-refractivity contribution in [3.05, 3.63) is 65.4 Å². The molecule has 1 aliphatic rings. The van der Waals surface area contributed by atoms with Gasteiger partial charge >= 0.3 is 0 Å². The fourth-order valence-electron chi connectivity index (χ4n) is 3.83. The lowest BCUT2D eigenvalue weighted by molar-refractivity contribution is -0.133. The minimum Gasteiger partial charge on any atom is -0.484 e. The van der Waals surface area contributed by atoms with Gasteiger partial charge < -0.3 is 14.5 Å². The normalized spacial score (nSPS) is 14.0. The van der Waals surface area contributed by atoms with Gasteiger partial charge in [0.2, 0.25) is 0 Å². The monoisotopic (exact) mass is 463 g/mol. The number of aromatic nitrogens is 5. The highest BCUT2D eigenvalue weighted by Crippen LogP contribution is 2.24. The molecule has 9 nitrogen and oxygen atoms in total. The van der Waals surface area contributed by atoms with Crippen LogP contribution in [-0.2, 0) is 4.79 Å². The summed E-state index contributed by atoms with van der Waals surface area (Å²) in [6.45, 7) is 4.44. The van der Waals surface area contributed by atoms with Crippen LogP contribution in [0.2, 0.25) is 5.02 Å². The number of piperazine rings is 1. The average Bonchev–Trinajstić information content (AvgIpc) is 3.28. The molecule has 168 valence electrons. The SMILES string of the molecule is Cc1cccc(OCC(=O)N2CCN(c3ncnc4c3nnn4-c3ccc(Cl)cc3)CC2)c1. The van der Waals surface area contributed by atoms with Gasteiger partial charge in [-0.3, -0.25) is 4.79 Å². The van der Waals surface area contributed by atoms with Crippen molar-refractivity contribution in [3.8, 4) is 11.4 Å². The molecule has 0 bridgehead atoms. The minimum absolute atomic E-state index is 0.0244. The molecule has 4 aromatic rings. The molecule has 2 aromatic carbocycles. The van der Waals surface area contributed by atoms with E-state index in [9.17, 15) is 4.79 Å². The van der Waals surface area contributed by atoms with E-state index < -0.39 is 0 Å². The first-order chi connectivity index (χ1) is 16.1. The number of hydrogen-bond donors (Lipinski definition) is 0. The molecule has 0 aliphatic carbocycles.